The molecule has 3 aromatic rings. The predicted octanol–water partition coefficient (Wildman–Crippen LogP) is 6.63. The maximum atomic E-state index is 13.6. The van der Waals surface area contributed by atoms with E-state index in [2.05, 4.69) is 48.1 Å². The Hall–Kier alpha value is -2.19. The van der Waals surface area contributed by atoms with Crippen LogP contribution in [0.5, 0.6) is 0 Å². The number of para-hydroxylation sites is 2. The first-order valence-electron chi connectivity index (χ1n) is 11.6. The van der Waals surface area contributed by atoms with Crippen LogP contribution in [0.3, 0.4) is 0 Å². The van der Waals surface area contributed by atoms with Crippen LogP contribution in [-0.4, -0.2) is 53.3 Å². The number of thiazole rings is 1. The van der Waals surface area contributed by atoms with Crippen molar-refractivity contribution < 1.29 is 4.39 Å². The lowest BCUT2D eigenvalue weighted by Crippen LogP contribution is -2.53. The van der Waals surface area contributed by atoms with Crippen LogP contribution in [0.1, 0.15) is 42.5 Å². The normalized spacial score (nSPS) is 17.3. The molecule has 2 aliphatic heterocycles. The average Bonchev–Trinajstić information content (AvgIpc) is 3.15. The summed E-state index contributed by atoms with van der Waals surface area (Å²) in [5, 5.41) is 5.78. The molecule has 35 heavy (non-hydrogen) atoms. The van der Waals surface area contributed by atoms with Crippen molar-refractivity contribution in [3.8, 4) is 0 Å². The van der Waals surface area contributed by atoms with Gasteiger partial charge in [-0.2, -0.15) is 0 Å². The molecular weight excluding hydrogens is 504 g/mol. The number of nitrogens with one attached hydrogen (secondary N) is 1. The monoisotopic (exact) mass is 535 g/mol. The van der Waals surface area contributed by atoms with E-state index in [0.29, 0.717) is 12.0 Å². The third-order valence-corrected chi connectivity index (χ3v) is 7.73. The number of aryl methyl sites for hydroxylation is 1. The van der Waals surface area contributed by atoms with E-state index in [-0.39, 0.29) is 30.6 Å². The van der Waals surface area contributed by atoms with Crippen LogP contribution < -0.4 is 5.32 Å². The van der Waals surface area contributed by atoms with E-state index in [1.54, 1.807) is 23.5 Å². The van der Waals surface area contributed by atoms with Crippen molar-refractivity contribution in [3.63, 3.8) is 0 Å². The van der Waals surface area contributed by atoms with Crippen LogP contribution in [0.25, 0.3) is 0 Å². The lowest BCUT2D eigenvalue weighted by atomic mass is 10.0. The number of benzene rings is 2. The van der Waals surface area contributed by atoms with Gasteiger partial charge in [0.2, 0.25) is 0 Å². The third-order valence-electron chi connectivity index (χ3n) is 6.46. The molecule has 1 atom stereocenters. The minimum atomic E-state index is -0.165. The maximum absolute atomic E-state index is 13.6. The molecule has 5 nitrogen and oxygen atoms in total. The summed E-state index contributed by atoms with van der Waals surface area (Å²) < 4.78 is 13.6. The Morgan fingerprint density at radius 3 is 2.69 bits per heavy atom. The molecule has 0 bridgehead atoms. The highest BCUT2D eigenvalue weighted by Crippen LogP contribution is 2.39. The first-order valence-corrected chi connectivity index (χ1v) is 12.4. The second kappa shape index (κ2) is 11.7. The Labute approximate surface area is 223 Å². The SMILES string of the molecule is CC(C)c1nc2c(s1)Nc1ccccc1N=C2N1CCN(C)[C@@H](CCc2cccc(F)c2)C1.Cl.Cl. The molecule has 0 aliphatic carbocycles. The number of aliphatic imine (C=N–C) groups is 1. The molecule has 0 spiro atoms. The number of likely N-dealkylation sites (N-methyl/N-ethyl adjacent to an activating group) is 1. The number of rotatable bonds is 4. The van der Waals surface area contributed by atoms with E-state index < -0.39 is 0 Å². The van der Waals surface area contributed by atoms with Gasteiger partial charge in [0.15, 0.2) is 5.84 Å². The summed E-state index contributed by atoms with van der Waals surface area (Å²) in [7, 11) is 2.19. The molecule has 0 radical (unpaired) electrons. The highest BCUT2D eigenvalue weighted by atomic mass is 35.5. The van der Waals surface area contributed by atoms with Crippen LogP contribution >= 0.6 is 36.2 Å². The molecule has 1 aromatic heterocycles. The fourth-order valence-corrected chi connectivity index (χ4v) is 5.46. The minimum Gasteiger partial charge on any atom is -0.352 e. The second-order valence-electron chi connectivity index (χ2n) is 9.21. The summed E-state index contributed by atoms with van der Waals surface area (Å²) in [6.07, 6.45) is 1.83. The zero-order valence-electron chi connectivity index (χ0n) is 20.2. The quantitative estimate of drug-likeness (QED) is 0.407. The molecule has 0 saturated carbocycles. The van der Waals surface area contributed by atoms with Crippen molar-refractivity contribution in [2.45, 2.75) is 38.6 Å². The fourth-order valence-electron chi connectivity index (χ4n) is 4.48. The van der Waals surface area contributed by atoms with Crippen LogP contribution in [0.4, 0.5) is 20.8 Å². The molecule has 0 amide bonds. The molecule has 1 saturated heterocycles. The van der Waals surface area contributed by atoms with Gasteiger partial charge in [-0.05, 0) is 49.7 Å². The van der Waals surface area contributed by atoms with Gasteiger partial charge < -0.3 is 10.2 Å². The van der Waals surface area contributed by atoms with Gasteiger partial charge in [0, 0.05) is 31.6 Å². The van der Waals surface area contributed by atoms with Gasteiger partial charge in [-0.1, -0.05) is 38.1 Å². The van der Waals surface area contributed by atoms with Crippen LogP contribution in [0, 0.1) is 5.82 Å². The first kappa shape index (κ1) is 27.4. The summed E-state index contributed by atoms with van der Waals surface area (Å²) in [4.78, 5) is 15.0. The van der Waals surface area contributed by atoms with Crippen LogP contribution in [-0.2, 0) is 6.42 Å². The Morgan fingerprint density at radius 1 is 1.11 bits per heavy atom. The van der Waals surface area contributed by atoms with Gasteiger partial charge >= 0.3 is 0 Å². The van der Waals surface area contributed by atoms with Gasteiger partial charge in [0.1, 0.15) is 16.5 Å². The largest absolute Gasteiger partial charge is 0.352 e. The molecule has 2 aromatic carbocycles. The molecule has 2 aliphatic rings. The summed E-state index contributed by atoms with van der Waals surface area (Å²) in [6.45, 7) is 7.10. The fraction of sp³-hybridized carbons (Fsp3) is 0.385. The summed E-state index contributed by atoms with van der Waals surface area (Å²) >= 11 is 1.72. The van der Waals surface area contributed by atoms with Gasteiger partial charge in [-0.3, -0.25) is 4.90 Å². The van der Waals surface area contributed by atoms with Gasteiger partial charge in [0.05, 0.1) is 16.4 Å². The van der Waals surface area contributed by atoms with Crippen molar-refractivity contribution in [2.24, 2.45) is 4.99 Å². The van der Waals surface area contributed by atoms with Crippen molar-refractivity contribution in [1.82, 2.24) is 14.8 Å². The number of hydrogen-bond acceptors (Lipinski definition) is 6. The second-order valence-corrected chi connectivity index (χ2v) is 10.2. The third kappa shape index (κ3) is 5.97. The molecule has 3 heterocycles. The van der Waals surface area contributed by atoms with Crippen molar-refractivity contribution in [2.75, 3.05) is 32.0 Å². The summed E-state index contributed by atoms with van der Waals surface area (Å²) in [5.41, 5.74) is 3.96. The molecule has 9 heteroatoms. The first-order chi connectivity index (χ1) is 16.0. The highest BCUT2D eigenvalue weighted by Gasteiger charge is 2.31. The Morgan fingerprint density at radius 2 is 1.91 bits per heavy atom. The zero-order valence-corrected chi connectivity index (χ0v) is 22.7. The van der Waals surface area contributed by atoms with Crippen molar-refractivity contribution >= 4 is 58.4 Å². The van der Waals surface area contributed by atoms with E-state index in [0.717, 1.165) is 71.0 Å². The maximum Gasteiger partial charge on any atom is 0.158 e. The van der Waals surface area contributed by atoms with E-state index in [1.165, 1.54) is 6.07 Å². The summed E-state index contributed by atoms with van der Waals surface area (Å²) in [5.74, 6) is 1.16. The minimum absolute atomic E-state index is 0. The number of fused-ring (bicyclic) bond motifs is 2. The van der Waals surface area contributed by atoms with Crippen molar-refractivity contribution in [1.29, 1.82) is 0 Å². The lowest BCUT2D eigenvalue weighted by molar-refractivity contribution is 0.134. The number of piperazine rings is 1. The molecule has 1 N–H and O–H groups in total. The highest BCUT2D eigenvalue weighted by molar-refractivity contribution is 7.16. The Bertz CT molecular complexity index is 1180. The Kier molecular flexibility index (Phi) is 9.16. The number of amidine groups is 1. The molecular formula is C26H32Cl2FN5S. The van der Waals surface area contributed by atoms with E-state index in [9.17, 15) is 4.39 Å². The van der Waals surface area contributed by atoms with Gasteiger partial charge in [0.25, 0.3) is 0 Å². The summed E-state index contributed by atoms with van der Waals surface area (Å²) in [6, 6.07) is 15.5. The number of aromatic nitrogens is 1. The van der Waals surface area contributed by atoms with Crippen molar-refractivity contribution in [3.05, 3.63) is 70.6 Å². The lowest BCUT2D eigenvalue weighted by Gasteiger charge is -2.40. The zero-order chi connectivity index (χ0) is 22.9. The topological polar surface area (TPSA) is 43.8 Å². The standard InChI is InChI=1S/C26H30FN5S.2ClH/c1-17(2)25-30-23-24(28-21-9-4-5-10-22(21)29-26(23)33-25)32-14-13-31(3)20(16-32)12-11-18-7-6-8-19(27)15-18;;/h4-10,15,17,20,29H,11-14,16H2,1-3H3;2*1H/t20-;;/m0../s1. The number of anilines is 2. The van der Waals surface area contributed by atoms with E-state index in [1.807, 2.05) is 18.2 Å². The molecule has 188 valence electrons. The van der Waals surface area contributed by atoms with E-state index in [4.69, 9.17) is 9.98 Å². The number of halogens is 3. The van der Waals surface area contributed by atoms with Crippen LogP contribution in [0.15, 0.2) is 53.5 Å². The molecule has 5 rings (SSSR count). The average molecular weight is 537 g/mol. The smallest absolute Gasteiger partial charge is 0.158 e. The van der Waals surface area contributed by atoms with E-state index >= 15 is 0 Å². The molecule has 1 fully saturated rings. The van der Waals surface area contributed by atoms with Crippen LogP contribution in [0.2, 0.25) is 0 Å². The van der Waals surface area contributed by atoms with Gasteiger partial charge in [-0.15, -0.1) is 36.2 Å². The number of hydrogen-bond donors (Lipinski definition) is 1. The molecule has 0 unspecified atom stereocenters. The Balaban J connectivity index is 0.00000171. The predicted molar refractivity (Wildman–Crippen MR) is 149 cm³/mol. The van der Waals surface area contributed by atoms with Gasteiger partial charge in [-0.25, -0.2) is 14.4 Å². The number of nitrogens with zero attached hydrogens (tertiary/aromatic N) is 4.